The zero-order valence-electron chi connectivity index (χ0n) is 20.6. The first-order valence-electron chi connectivity index (χ1n) is 11.7. The number of carbonyl (C=O) groups is 1. The van der Waals surface area contributed by atoms with Gasteiger partial charge in [0.2, 0.25) is 0 Å². The minimum Gasteiger partial charge on any atom is -0.444 e. The van der Waals surface area contributed by atoms with Gasteiger partial charge in [0.15, 0.2) is 0 Å². The van der Waals surface area contributed by atoms with Crippen LogP contribution in [0.15, 0.2) is 6.20 Å². The van der Waals surface area contributed by atoms with E-state index >= 15 is 0 Å². The van der Waals surface area contributed by atoms with Crippen molar-refractivity contribution in [3.63, 3.8) is 0 Å². The molecule has 1 saturated carbocycles. The Morgan fingerprint density at radius 3 is 2.45 bits per heavy atom. The number of aromatic amines is 1. The Morgan fingerprint density at radius 1 is 1.19 bits per heavy atom. The van der Waals surface area contributed by atoms with Crippen LogP contribution in [0.5, 0.6) is 0 Å². The van der Waals surface area contributed by atoms with Crippen molar-refractivity contribution in [1.82, 2.24) is 20.0 Å². The summed E-state index contributed by atoms with van der Waals surface area (Å²) in [6, 6.07) is 0. The van der Waals surface area contributed by atoms with E-state index in [4.69, 9.17) is 9.47 Å². The highest BCUT2D eigenvalue weighted by Gasteiger charge is 2.46. The van der Waals surface area contributed by atoms with Gasteiger partial charge in [0.25, 0.3) is 0 Å². The Hall–Kier alpha value is -1.60. The Balaban J connectivity index is 1.49. The van der Waals surface area contributed by atoms with Gasteiger partial charge < -0.3 is 19.3 Å². The van der Waals surface area contributed by atoms with Crippen molar-refractivity contribution in [3.8, 4) is 0 Å². The maximum absolute atomic E-state index is 12.2. The van der Waals surface area contributed by atoms with E-state index in [1.54, 1.807) is 11.9 Å². The van der Waals surface area contributed by atoms with Crippen LogP contribution in [0.25, 0.3) is 0 Å². The third-order valence-corrected chi connectivity index (χ3v) is 6.69. The smallest absolute Gasteiger partial charge is 0.410 e. The highest BCUT2D eigenvalue weighted by Crippen LogP contribution is 2.49. The van der Waals surface area contributed by atoms with E-state index < -0.39 is 5.60 Å². The number of nitrogens with zero attached hydrogens (tertiary/aromatic N) is 3. The highest BCUT2D eigenvalue weighted by atomic mass is 16.6. The van der Waals surface area contributed by atoms with Gasteiger partial charge in [-0.05, 0) is 80.2 Å². The predicted molar refractivity (Wildman–Crippen MR) is 122 cm³/mol. The molecular weight excluding hydrogens is 392 g/mol. The summed E-state index contributed by atoms with van der Waals surface area (Å²) >= 11 is 0. The minimum atomic E-state index is -0.471. The van der Waals surface area contributed by atoms with Crippen LogP contribution in [-0.2, 0) is 16.0 Å². The number of carbonyl (C=O) groups excluding carboxylic acids is 1. The molecule has 0 aromatic carbocycles. The lowest BCUT2D eigenvalue weighted by atomic mass is 9.75. The van der Waals surface area contributed by atoms with Crippen LogP contribution in [0.1, 0.15) is 90.3 Å². The molecule has 1 spiro atoms. The largest absolute Gasteiger partial charge is 0.444 e. The summed E-state index contributed by atoms with van der Waals surface area (Å²) in [5.74, 6) is 0.522. The van der Waals surface area contributed by atoms with Crippen LogP contribution >= 0.6 is 0 Å². The molecule has 2 fully saturated rings. The highest BCUT2D eigenvalue weighted by molar-refractivity contribution is 5.67. The number of likely N-dealkylation sites (N-methyl/N-ethyl adjacent to an activating group) is 2. The predicted octanol–water partition coefficient (Wildman–Crippen LogP) is 4.69. The van der Waals surface area contributed by atoms with Crippen molar-refractivity contribution in [1.29, 1.82) is 0 Å². The SMILES string of the molecule is CN(CCN(C)C(=O)OC(C)(C)C)Cc1cn[nH]c1C1CCC2(CC1)CCC(C)(C)O2. The van der Waals surface area contributed by atoms with E-state index in [0.29, 0.717) is 12.5 Å². The summed E-state index contributed by atoms with van der Waals surface area (Å²) in [6.07, 6.45) is 8.60. The quantitative estimate of drug-likeness (QED) is 0.703. The summed E-state index contributed by atoms with van der Waals surface area (Å²) < 4.78 is 11.9. The van der Waals surface area contributed by atoms with E-state index in [2.05, 4.69) is 36.0 Å². The Labute approximate surface area is 187 Å². The summed E-state index contributed by atoms with van der Waals surface area (Å²) in [6.45, 7) is 12.3. The molecule has 2 heterocycles. The van der Waals surface area contributed by atoms with Gasteiger partial charge in [-0.3, -0.25) is 5.10 Å². The van der Waals surface area contributed by atoms with Crippen LogP contribution in [0, 0.1) is 0 Å². The second-order valence-corrected chi connectivity index (χ2v) is 11.3. The molecule has 1 aliphatic heterocycles. The van der Waals surface area contributed by atoms with E-state index in [1.807, 2.05) is 27.0 Å². The van der Waals surface area contributed by atoms with Crippen LogP contribution in [0.2, 0.25) is 0 Å². The molecule has 0 unspecified atom stereocenters. The minimum absolute atomic E-state index is 0.0289. The van der Waals surface area contributed by atoms with E-state index in [9.17, 15) is 4.79 Å². The summed E-state index contributed by atoms with van der Waals surface area (Å²) in [5.41, 5.74) is 2.20. The number of hydrogen-bond acceptors (Lipinski definition) is 5. The molecule has 2 aliphatic rings. The van der Waals surface area contributed by atoms with Crippen LogP contribution in [0.4, 0.5) is 4.79 Å². The van der Waals surface area contributed by atoms with Crippen molar-refractivity contribution in [2.45, 2.75) is 102 Å². The molecule has 1 amide bonds. The van der Waals surface area contributed by atoms with Gasteiger partial charge in [-0.1, -0.05) is 0 Å². The standard InChI is InChI=1S/C24H42N4O3/c1-22(2,3)30-21(29)28(7)15-14-27(6)17-19-16-25-26-20(19)18-8-10-24(11-9-18)13-12-23(4,5)31-24/h16,18H,8-15,17H2,1-7H3,(H,25,26). The summed E-state index contributed by atoms with van der Waals surface area (Å²) in [5, 5.41) is 7.64. The molecule has 31 heavy (non-hydrogen) atoms. The van der Waals surface area contributed by atoms with E-state index in [1.165, 1.54) is 17.7 Å². The fourth-order valence-electron chi connectivity index (χ4n) is 4.92. The Kier molecular flexibility index (Phi) is 7.06. The first-order chi connectivity index (χ1) is 14.4. The fourth-order valence-corrected chi connectivity index (χ4v) is 4.92. The monoisotopic (exact) mass is 434 g/mol. The third kappa shape index (κ3) is 6.45. The van der Waals surface area contributed by atoms with Crippen molar-refractivity contribution >= 4 is 6.09 Å². The number of hydrogen-bond donors (Lipinski definition) is 1. The van der Waals surface area contributed by atoms with Gasteiger partial charge >= 0.3 is 6.09 Å². The van der Waals surface area contributed by atoms with Gasteiger partial charge in [0, 0.05) is 43.9 Å². The van der Waals surface area contributed by atoms with E-state index in [-0.39, 0.29) is 17.3 Å². The lowest BCUT2D eigenvalue weighted by Gasteiger charge is -2.38. The summed E-state index contributed by atoms with van der Waals surface area (Å²) in [7, 11) is 3.87. The fraction of sp³-hybridized carbons (Fsp3) is 0.833. The maximum Gasteiger partial charge on any atom is 0.410 e. The number of H-pyrrole nitrogens is 1. The summed E-state index contributed by atoms with van der Waals surface area (Å²) in [4.78, 5) is 16.0. The molecule has 1 aromatic rings. The third-order valence-electron chi connectivity index (χ3n) is 6.69. The number of rotatable bonds is 6. The van der Waals surface area contributed by atoms with Crippen molar-refractivity contribution in [3.05, 3.63) is 17.5 Å². The van der Waals surface area contributed by atoms with Gasteiger partial charge in [-0.15, -0.1) is 0 Å². The average Bonchev–Trinajstić information content (AvgIpc) is 3.23. The molecule has 3 rings (SSSR count). The number of ether oxygens (including phenoxy) is 2. The van der Waals surface area contributed by atoms with Crippen molar-refractivity contribution in [2.75, 3.05) is 27.2 Å². The van der Waals surface area contributed by atoms with Gasteiger partial charge in [0.05, 0.1) is 17.4 Å². The zero-order valence-corrected chi connectivity index (χ0v) is 20.6. The molecule has 7 nitrogen and oxygen atoms in total. The van der Waals surface area contributed by atoms with Crippen LogP contribution in [-0.4, -0.2) is 70.1 Å². The normalized spacial score (nSPS) is 25.9. The lowest BCUT2D eigenvalue weighted by molar-refractivity contribution is -0.105. The number of aromatic nitrogens is 2. The molecule has 0 bridgehead atoms. The van der Waals surface area contributed by atoms with Crippen LogP contribution < -0.4 is 0 Å². The lowest BCUT2D eigenvalue weighted by Crippen LogP contribution is -2.38. The molecule has 0 radical (unpaired) electrons. The molecule has 1 N–H and O–H groups in total. The van der Waals surface area contributed by atoms with Crippen molar-refractivity contribution in [2.24, 2.45) is 0 Å². The van der Waals surface area contributed by atoms with Gasteiger partial charge in [-0.2, -0.15) is 5.10 Å². The molecule has 7 heteroatoms. The number of nitrogens with one attached hydrogen (secondary N) is 1. The second-order valence-electron chi connectivity index (χ2n) is 11.3. The van der Waals surface area contributed by atoms with Crippen LogP contribution in [0.3, 0.4) is 0 Å². The maximum atomic E-state index is 12.2. The Morgan fingerprint density at radius 2 is 1.87 bits per heavy atom. The zero-order chi connectivity index (χ0) is 22.9. The van der Waals surface area contributed by atoms with Crippen molar-refractivity contribution < 1.29 is 14.3 Å². The molecule has 1 aliphatic carbocycles. The van der Waals surface area contributed by atoms with Gasteiger partial charge in [0.1, 0.15) is 5.60 Å². The molecular formula is C24H42N4O3. The van der Waals surface area contributed by atoms with E-state index in [0.717, 1.165) is 45.2 Å². The molecule has 176 valence electrons. The number of amides is 1. The molecule has 0 atom stereocenters. The Bertz CT molecular complexity index is 744. The first kappa shape index (κ1) is 24.1. The topological polar surface area (TPSA) is 70.7 Å². The second kappa shape index (κ2) is 9.10. The first-order valence-corrected chi connectivity index (χ1v) is 11.7. The molecule has 1 saturated heterocycles. The molecule has 1 aromatic heterocycles. The van der Waals surface area contributed by atoms with Gasteiger partial charge in [-0.25, -0.2) is 4.79 Å². The average molecular weight is 435 g/mol.